The molecule has 35 heavy (non-hydrogen) atoms. The molecule has 1 N–H and O–H groups in total. The Bertz CT molecular complexity index is 1280. The van der Waals surface area contributed by atoms with Gasteiger partial charge in [0.05, 0.1) is 21.3 Å². The van der Waals surface area contributed by atoms with Crippen LogP contribution in [0.4, 0.5) is 0 Å². The molecule has 6 nitrogen and oxygen atoms in total. The quantitative estimate of drug-likeness (QED) is 0.488. The van der Waals surface area contributed by atoms with E-state index in [-0.39, 0.29) is 17.7 Å². The van der Waals surface area contributed by atoms with Crippen LogP contribution < -0.4 is 19.5 Å². The first-order valence-corrected chi connectivity index (χ1v) is 11.6. The number of ketones is 1. The molecule has 0 saturated heterocycles. The number of amides is 1. The summed E-state index contributed by atoms with van der Waals surface area (Å²) in [6.07, 6.45) is 7.72. The number of fused-ring (bicyclic) bond motifs is 1. The van der Waals surface area contributed by atoms with E-state index in [1.54, 1.807) is 21.3 Å². The number of terminal acetylenes is 1. The number of ether oxygens (including phenoxy) is 3. The van der Waals surface area contributed by atoms with Gasteiger partial charge in [-0.3, -0.25) is 9.59 Å². The minimum Gasteiger partial charge on any atom is -0.493 e. The minimum atomic E-state index is -0.413. The van der Waals surface area contributed by atoms with Gasteiger partial charge in [-0.05, 0) is 70.8 Å². The smallest absolute Gasteiger partial charge is 0.295 e. The maximum atomic E-state index is 12.9. The fraction of sp³-hybridized carbons (Fsp3) is 0.310. The fourth-order valence-electron chi connectivity index (χ4n) is 4.81. The van der Waals surface area contributed by atoms with Gasteiger partial charge in [-0.1, -0.05) is 30.3 Å². The number of hydrogen-bond donors (Lipinski definition) is 1. The number of methoxy groups -OCH3 is 3. The van der Waals surface area contributed by atoms with Crippen LogP contribution in [-0.2, 0) is 16.0 Å². The zero-order valence-corrected chi connectivity index (χ0v) is 20.2. The normalized spacial score (nSPS) is 17.0. The first-order valence-electron chi connectivity index (χ1n) is 11.6. The van der Waals surface area contributed by atoms with Gasteiger partial charge in [0, 0.05) is 18.4 Å². The Hall–Kier alpha value is -3.98. The molecule has 1 aliphatic carbocycles. The largest absolute Gasteiger partial charge is 0.493 e. The number of Topliss-reactive ketones (excluding diaryl/α,β-unsaturated/α-hetero) is 1. The van der Waals surface area contributed by atoms with E-state index in [1.165, 1.54) is 0 Å². The Morgan fingerprint density at radius 2 is 1.60 bits per heavy atom. The summed E-state index contributed by atoms with van der Waals surface area (Å²) in [6, 6.07) is 16.2. The lowest BCUT2D eigenvalue weighted by Crippen LogP contribution is -2.32. The van der Waals surface area contributed by atoms with E-state index in [0.717, 1.165) is 40.3 Å². The van der Waals surface area contributed by atoms with Crippen molar-refractivity contribution in [2.75, 3.05) is 21.3 Å². The Kier molecular flexibility index (Phi) is 7.26. The van der Waals surface area contributed by atoms with Gasteiger partial charge in [0.25, 0.3) is 5.91 Å². The second-order valence-electron chi connectivity index (χ2n) is 8.78. The van der Waals surface area contributed by atoms with E-state index >= 15 is 0 Å². The first kappa shape index (κ1) is 24.2. The predicted octanol–water partition coefficient (Wildman–Crippen LogP) is 4.56. The van der Waals surface area contributed by atoms with Crippen LogP contribution in [0, 0.1) is 18.3 Å². The Morgan fingerprint density at radius 3 is 2.26 bits per heavy atom. The fourth-order valence-corrected chi connectivity index (χ4v) is 4.81. The van der Waals surface area contributed by atoms with Gasteiger partial charge >= 0.3 is 0 Å². The van der Waals surface area contributed by atoms with E-state index in [2.05, 4.69) is 29.4 Å². The second-order valence-corrected chi connectivity index (χ2v) is 8.78. The van der Waals surface area contributed by atoms with Gasteiger partial charge in [-0.2, -0.15) is 0 Å². The first-order chi connectivity index (χ1) is 16.9. The van der Waals surface area contributed by atoms with Gasteiger partial charge in [0.15, 0.2) is 11.5 Å². The van der Waals surface area contributed by atoms with Crippen molar-refractivity contribution in [3.8, 4) is 40.7 Å². The molecule has 2 atom stereocenters. The molecular formula is C29H29NO5. The van der Waals surface area contributed by atoms with Crippen LogP contribution in [-0.4, -0.2) is 39.1 Å². The van der Waals surface area contributed by atoms with Crippen LogP contribution in [0.1, 0.15) is 24.8 Å². The van der Waals surface area contributed by atoms with Crippen LogP contribution >= 0.6 is 0 Å². The van der Waals surface area contributed by atoms with Gasteiger partial charge in [0.1, 0.15) is 5.78 Å². The van der Waals surface area contributed by atoms with E-state index in [0.29, 0.717) is 30.1 Å². The maximum Gasteiger partial charge on any atom is 0.295 e. The molecular weight excluding hydrogens is 442 g/mol. The summed E-state index contributed by atoms with van der Waals surface area (Å²) in [5, 5.41) is 4.93. The SMILES string of the molecule is C#CC(=O)NC1CCC(C(=O)Cc2ccc3cc(-c4cc(OC)c(OC)c(OC)c4)ccc3c2)C1. The van der Waals surface area contributed by atoms with Crippen molar-refractivity contribution in [3.05, 3.63) is 54.1 Å². The van der Waals surface area contributed by atoms with E-state index in [1.807, 2.05) is 30.3 Å². The second kappa shape index (κ2) is 10.5. The molecule has 2 unspecified atom stereocenters. The van der Waals surface area contributed by atoms with Gasteiger partial charge in [-0.15, -0.1) is 6.42 Å². The molecule has 0 spiro atoms. The molecule has 4 rings (SSSR count). The van der Waals surface area contributed by atoms with E-state index in [9.17, 15) is 9.59 Å². The molecule has 0 bridgehead atoms. The van der Waals surface area contributed by atoms with Crippen molar-refractivity contribution in [1.29, 1.82) is 0 Å². The lowest BCUT2D eigenvalue weighted by molar-refractivity contribution is -0.122. The molecule has 0 radical (unpaired) electrons. The molecule has 1 fully saturated rings. The third kappa shape index (κ3) is 5.25. The molecule has 1 aliphatic rings. The molecule has 3 aromatic carbocycles. The molecule has 180 valence electrons. The Labute approximate surface area is 205 Å². The van der Waals surface area contributed by atoms with Crippen LogP contribution in [0.3, 0.4) is 0 Å². The van der Waals surface area contributed by atoms with Crippen molar-refractivity contribution < 1.29 is 23.8 Å². The predicted molar refractivity (Wildman–Crippen MR) is 136 cm³/mol. The highest BCUT2D eigenvalue weighted by Gasteiger charge is 2.30. The Balaban J connectivity index is 1.51. The number of hydrogen-bond acceptors (Lipinski definition) is 5. The van der Waals surface area contributed by atoms with Gasteiger partial charge in [-0.25, -0.2) is 0 Å². The van der Waals surface area contributed by atoms with Crippen molar-refractivity contribution in [1.82, 2.24) is 5.32 Å². The van der Waals surface area contributed by atoms with Crippen molar-refractivity contribution in [2.45, 2.75) is 31.7 Å². The summed E-state index contributed by atoms with van der Waals surface area (Å²) in [5.74, 6) is 3.57. The zero-order valence-electron chi connectivity index (χ0n) is 20.2. The van der Waals surface area contributed by atoms with Crippen molar-refractivity contribution in [3.63, 3.8) is 0 Å². The van der Waals surface area contributed by atoms with Crippen molar-refractivity contribution in [2.24, 2.45) is 5.92 Å². The third-order valence-corrected chi connectivity index (χ3v) is 6.64. The van der Waals surface area contributed by atoms with E-state index < -0.39 is 5.91 Å². The molecule has 0 heterocycles. The molecule has 3 aromatic rings. The summed E-state index contributed by atoms with van der Waals surface area (Å²) in [5.41, 5.74) is 2.96. The number of carbonyl (C=O) groups is 2. The molecule has 1 saturated carbocycles. The summed E-state index contributed by atoms with van der Waals surface area (Å²) < 4.78 is 16.4. The van der Waals surface area contributed by atoms with Gasteiger partial charge < -0.3 is 19.5 Å². The van der Waals surface area contributed by atoms with Gasteiger partial charge in [0.2, 0.25) is 5.75 Å². The van der Waals surface area contributed by atoms with Crippen LogP contribution in [0.15, 0.2) is 48.5 Å². The summed E-state index contributed by atoms with van der Waals surface area (Å²) >= 11 is 0. The van der Waals surface area contributed by atoms with Crippen molar-refractivity contribution >= 4 is 22.5 Å². The number of benzene rings is 3. The highest BCUT2D eigenvalue weighted by Crippen LogP contribution is 2.41. The van der Waals surface area contributed by atoms with Crippen LogP contribution in [0.5, 0.6) is 17.2 Å². The molecule has 0 aromatic heterocycles. The zero-order chi connectivity index (χ0) is 24.9. The summed E-state index contributed by atoms with van der Waals surface area (Å²) in [6.45, 7) is 0. The maximum absolute atomic E-state index is 12.9. The Morgan fingerprint density at radius 1 is 0.914 bits per heavy atom. The number of carbonyl (C=O) groups excluding carboxylic acids is 2. The van der Waals surface area contributed by atoms with Crippen LogP contribution in [0.25, 0.3) is 21.9 Å². The number of nitrogens with one attached hydrogen (secondary N) is 1. The average Bonchev–Trinajstić information content (AvgIpc) is 3.35. The lowest BCUT2D eigenvalue weighted by atomic mass is 9.94. The third-order valence-electron chi connectivity index (χ3n) is 6.64. The average molecular weight is 472 g/mol. The summed E-state index contributed by atoms with van der Waals surface area (Å²) in [4.78, 5) is 24.3. The standard InChI is InChI=1S/C29H29NO5/c1-5-28(32)30-24-11-10-22(15-24)25(31)13-18-6-7-20-14-21(9-8-19(20)12-18)23-16-26(33-2)29(35-4)27(17-23)34-3/h1,6-9,12,14,16-17,22,24H,10-11,13,15H2,2-4H3,(H,30,32). The topological polar surface area (TPSA) is 73.9 Å². The molecule has 6 heteroatoms. The highest BCUT2D eigenvalue weighted by atomic mass is 16.5. The minimum absolute atomic E-state index is 0.0160. The lowest BCUT2D eigenvalue weighted by Gasteiger charge is -2.15. The van der Waals surface area contributed by atoms with Crippen LogP contribution in [0.2, 0.25) is 0 Å². The monoisotopic (exact) mass is 471 g/mol. The molecule has 0 aliphatic heterocycles. The molecule has 1 amide bonds. The number of rotatable bonds is 8. The summed E-state index contributed by atoms with van der Waals surface area (Å²) in [7, 11) is 4.79. The van der Waals surface area contributed by atoms with E-state index in [4.69, 9.17) is 20.6 Å². The highest BCUT2D eigenvalue weighted by molar-refractivity contribution is 5.93.